The molecule has 0 spiro atoms. The molecule has 0 aromatic heterocycles. The predicted molar refractivity (Wildman–Crippen MR) is 107 cm³/mol. The number of rotatable bonds is 5. The molecule has 0 bridgehead atoms. The SMILES string of the molecule is Cc1ccc(N2C[C@H](C(=O)OCCN3C(=O)c4ccccc4S3(=O)=O)CC2=O)cc1. The molecular weight excluding hydrogens is 408 g/mol. The summed E-state index contributed by atoms with van der Waals surface area (Å²) in [6.07, 6.45) is 0.0269. The summed E-state index contributed by atoms with van der Waals surface area (Å²) < 4.78 is 30.9. The fourth-order valence-corrected chi connectivity index (χ4v) is 5.19. The molecular formula is C21H20N2O6S. The van der Waals surface area contributed by atoms with Gasteiger partial charge in [0, 0.05) is 18.7 Å². The van der Waals surface area contributed by atoms with Crippen molar-refractivity contribution in [3.63, 3.8) is 0 Å². The van der Waals surface area contributed by atoms with Gasteiger partial charge in [0.15, 0.2) is 0 Å². The Balaban J connectivity index is 1.35. The maximum Gasteiger partial charge on any atom is 0.311 e. The van der Waals surface area contributed by atoms with Crippen molar-refractivity contribution in [1.29, 1.82) is 0 Å². The average Bonchev–Trinajstić information content (AvgIpc) is 3.20. The van der Waals surface area contributed by atoms with Crippen LogP contribution >= 0.6 is 0 Å². The zero-order valence-electron chi connectivity index (χ0n) is 16.3. The molecule has 2 aliphatic rings. The van der Waals surface area contributed by atoms with Crippen LogP contribution in [0.4, 0.5) is 5.69 Å². The van der Waals surface area contributed by atoms with E-state index in [1.165, 1.54) is 17.0 Å². The van der Waals surface area contributed by atoms with Crippen molar-refractivity contribution >= 4 is 33.5 Å². The third-order valence-electron chi connectivity index (χ3n) is 5.25. The summed E-state index contributed by atoms with van der Waals surface area (Å²) in [4.78, 5) is 38.6. The number of amides is 2. The lowest BCUT2D eigenvalue weighted by atomic mass is 10.1. The lowest BCUT2D eigenvalue weighted by Gasteiger charge is -2.17. The molecule has 9 heteroatoms. The van der Waals surface area contributed by atoms with Crippen molar-refractivity contribution < 1.29 is 27.5 Å². The van der Waals surface area contributed by atoms with E-state index in [1.807, 2.05) is 31.2 Å². The number of hydrogen-bond acceptors (Lipinski definition) is 6. The number of benzene rings is 2. The molecule has 2 heterocycles. The van der Waals surface area contributed by atoms with Gasteiger partial charge in [-0.25, -0.2) is 12.7 Å². The first-order chi connectivity index (χ1) is 14.3. The van der Waals surface area contributed by atoms with Crippen molar-refractivity contribution in [2.75, 3.05) is 24.6 Å². The maximum absolute atomic E-state index is 12.5. The fraction of sp³-hybridized carbons (Fsp3) is 0.286. The molecule has 1 fully saturated rings. The van der Waals surface area contributed by atoms with E-state index in [4.69, 9.17) is 4.74 Å². The first-order valence-corrected chi connectivity index (χ1v) is 10.9. The highest BCUT2D eigenvalue weighted by Crippen LogP contribution is 2.30. The van der Waals surface area contributed by atoms with Gasteiger partial charge in [0.05, 0.1) is 18.0 Å². The van der Waals surface area contributed by atoms with Gasteiger partial charge in [0.25, 0.3) is 15.9 Å². The third kappa shape index (κ3) is 3.45. The Hall–Kier alpha value is -3.20. The van der Waals surface area contributed by atoms with Crippen LogP contribution in [-0.4, -0.2) is 50.2 Å². The molecule has 2 aromatic rings. The van der Waals surface area contributed by atoms with Crippen LogP contribution in [0.25, 0.3) is 0 Å². The molecule has 0 unspecified atom stereocenters. The Morgan fingerprint density at radius 1 is 1.10 bits per heavy atom. The molecule has 0 N–H and O–H groups in total. The molecule has 4 rings (SSSR count). The van der Waals surface area contributed by atoms with Crippen LogP contribution in [0, 0.1) is 12.8 Å². The summed E-state index contributed by atoms with van der Waals surface area (Å²) >= 11 is 0. The van der Waals surface area contributed by atoms with E-state index < -0.39 is 27.8 Å². The normalized spacial score (nSPS) is 19.8. The van der Waals surface area contributed by atoms with Crippen LogP contribution in [0.3, 0.4) is 0 Å². The molecule has 2 amide bonds. The van der Waals surface area contributed by atoms with Gasteiger partial charge in [0.2, 0.25) is 5.91 Å². The summed E-state index contributed by atoms with van der Waals surface area (Å²) in [5, 5.41) is 0. The summed E-state index contributed by atoms with van der Waals surface area (Å²) in [7, 11) is -3.94. The van der Waals surface area contributed by atoms with Crippen LogP contribution in [0.15, 0.2) is 53.4 Å². The second kappa shape index (κ2) is 7.56. The number of fused-ring (bicyclic) bond motifs is 1. The van der Waals surface area contributed by atoms with Crippen molar-refractivity contribution in [3.8, 4) is 0 Å². The van der Waals surface area contributed by atoms with E-state index in [0.29, 0.717) is 9.99 Å². The van der Waals surface area contributed by atoms with Gasteiger partial charge in [-0.15, -0.1) is 0 Å². The topological polar surface area (TPSA) is 101 Å². The Kier molecular flexibility index (Phi) is 5.07. The molecule has 2 aliphatic heterocycles. The molecule has 1 atom stereocenters. The molecule has 30 heavy (non-hydrogen) atoms. The van der Waals surface area contributed by atoms with E-state index in [9.17, 15) is 22.8 Å². The summed E-state index contributed by atoms with van der Waals surface area (Å²) in [5.74, 6) is -2.03. The Morgan fingerprint density at radius 3 is 2.50 bits per heavy atom. The Morgan fingerprint density at radius 2 is 1.80 bits per heavy atom. The largest absolute Gasteiger partial charge is 0.463 e. The van der Waals surface area contributed by atoms with Crippen LogP contribution in [0.2, 0.25) is 0 Å². The summed E-state index contributed by atoms with van der Waals surface area (Å²) in [6, 6.07) is 13.4. The highest BCUT2D eigenvalue weighted by Gasteiger charge is 2.41. The molecule has 8 nitrogen and oxygen atoms in total. The van der Waals surface area contributed by atoms with Gasteiger partial charge in [-0.1, -0.05) is 29.8 Å². The molecule has 1 saturated heterocycles. The van der Waals surface area contributed by atoms with Crippen LogP contribution in [-0.2, 0) is 24.3 Å². The first-order valence-electron chi connectivity index (χ1n) is 9.49. The lowest BCUT2D eigenvalue weighted by Crippen LogP contribution is -2.34. The number of esters is 1. The Bertz CT molecular complexity index is 1130. The van der Waals surface area contributed by atoms with Gasteiger partial charge < -0.3 is 9.64 Å². The number of carbonyl (C=O) groups excluding carboxylic acids is 3. The monoisotopic (exact) mass is 428 g/mol. The number of hydrogen-bond donors (Lipinski definition) is 0. The van der Waals surface area contributed by atoms with E-state index >= 15 is 0 Å². The third-order valence-corrected chi connectivity index (χ3v) is 7.10. The lowest BCUT2D eigenvalue weighted by molar-refractivity contribution is -0.148. The van der Waals surface area contributed by atoms with Gasteiger partial charge in [-0.3, -0.25) is 14.4 Å². The van der Waals surface area contributed by atoms with Crippen LogP contribution in [0.5, 0.6) is 0 Å². The zero-order chi connectivity index (χ0) is 21.5. The van der Waals surface area contributed by atoms with Crippen LogP contribution < -0.4 is 4.90 Å². The van der Waals surface area contributed by atoms with Gasteiger partial charge in [-0.2, -0.15) is 0 Å². The number of nitrogens with zero attached hydrogens (tertiary/aromatic N) is 2. The number of anilines is 1. The highest BCUT2D eigenvalue weighted by molar-refractivity contribution is 7.90. The van der Waals surface area contributed by atoms with E-state index in [-0.39, 0.29) is 42.5 Å². The molecule has 0 radical (unpaired) electrons. The molecule has 156 valence electrons. The minimum atomic E-state index is -3.94. The van der Waals surface area contributed by atoms with Gasteiger partial charge in [0.1, 0.15) is 11.5 Å². The first kappa shape index (κ1) is 20.1. The maximum atomic E-state index is 12.5. The van der Waals surface area contributed by atoms with E-state index in [0.717, 1.165) is 5.56 Å². The zero-order valence-corrected chi connectivity index (χ0v) is 17.1. The number of carbonyl (C=O) groups is 3. The second-order valence-corrected chi connectivity index (χ2v) is 9.12. The number of sulfonamides is 1. The quantitative estimate of drug-likeness (QED) is 0.673. The highest BCUT2D eigenvalue weighted by atomic mass is 32.2. The van der Waals surface area contributed by atoms with Crippen LogP contribution in [0.1, 0.15) is 22.3 Å². The van der Waals surface area contributed by atoms with Crippen molar-refractivity contribution in [2.24, 2.45) is 5.92 Å². The predicted octanol–water partition coefficient (Wildman–Crippen LogP) is 1.74. The number of aryl methyl sites for hydroxylation is 1. The van der Waals surface area contributed by atoms with Crippen molar-refractivity contribution in [2.45, 2.75) is 18.2 Å². The summed E-state index contributed by atoms with van der Waals surface area (Å²) in [5.41, 5.74) is 1.89. The fourth-order valence-electron chi connectivity index (χ4n) is 3.64. The smallest absolute Gasteiger partial charge is 0.311 e. The minimum absolute atomic E-state index is 0.0269. The second-order valence-electron chi connectivity index (χ2n) is 7.29. The Labute approximate surface area is 174 Å². The van der Waals surface area contributed by atoms with Crippen molar-refractivity contribution in [3.05, 3.63) is 59.7 Å². The molecule has 0 saturated carbocycles. The van der Waals surface area contributed by atoms with Gasteiger partial charge in [-0.05, 0) is 31.2 Å². The van der Waals surface area contributed by atoms with Crippen molar-refractivity contribution in [1.82, 2.24) is 4.31 Å². The summed E-state index contributed by atoms with van der Waals surface area (Å²) in [6.45, 7) is 1.60. The average molecular weight is 428 g/mol. The van der Waals surface area contributed by atoms with E-state index in [2.05, 4.69) is 0 Å². The standard InChI is InChI=1S/C21H20N2O6S/c1-14-6-8-16(9-7-14)22-13-15(12-19(22)24)21(26)29-11-10-23-20(25)17-4-2-3-5-18(17)30(23,27)28/h2-9,15H,10-13H2,1H3/t15-/m1/s1. The molecule has 2 aromatic carbocycles. The number of ether oxygens (including phenoxy) is 1. The minimum Gasteiger partial charge on any atom is -0.463 e. The molecule has 0 aliphatic carbocycles. The van der Waals surface area contributed by atoms with Gasteiger partial charge >= 0.3 is 5.97 Å². The van der Waals surface area contributed by atoms with E-state index in [1.54, 1.807) is 12.1 Å².